The molecule has 0 radical (unpaired) electrons. The molecule has 1 saturated heterocycles. The molecule has 3 fully saturated rings. The van der Waals surface area contributed by atoms with Crippen molar-refractivity contribution in [2.24, 2.45) is 65.8 Å². The zero-order valence-corrected chi connectivity index (χ0v) is 50.2. The van der Waals surface area contributed by atoms with Gasteiger partial charge < -0.3 is 26.2 Å². The Bertz CT molecular complexity index is 1380. The molecule has 1 aliphatic heterocycles. The van der Waals surface area contributed by atoms with Gasteiger partial charge in [0.2, 0.25) is 0 Å². The van der Waals surface area contributed by atoms with Gasteiger partial charge in [-0.3, -0.25) is 20.0 Å². The summed E-state index contributed by atoms with van der Waals surface area (Å²) in [7, 11) is 15.2. The lowest BCUT2D eigenvalue weighted by atomic mass is 9.69. The molecule has 2 atom stereocenters. The van der Waals surface area contributed by atoms with Crippen molar-refractivity contribution in [3.63, 3.8) is 0 Å². The maximum Gasteiger partial charge on any atom is 0.193 e. The minimum absolute atomic E-state index is 0.210. The van der Waals surface area contributed by atoms with Crippen LogP contribution in [0.4, 0.5) is 0 Å². The number of aliphatic imine (C=N–C) groups is 4. The molecule has 4 N–H and O–H groups in total. The third-order valence-corrected chi connectivity index (χ3v) is 13.3. The molecular weight excluding hydrogens is 823 g/mol. The normalized spacial score (nSPS) is 20.4. The van der Waals surface area contributed by atoms with Crippen LogP contribution >= 0.6 is 0 Å². The van der Waals surface area contributed by atoms with Crippen LogP contribution in [0.1, 0.15) is 207 Å². The molecular formula is C58H119N9. The Morgan fingerprint density at radius 3 is 1.12 bits per heavy atom. The van der Waals surface area contributed by atoms with Gasteiger partial charge in [0.25, 0.3) is 0 Å². The second kappa shape index (κ2) is 37.8. The van der Waals surface area contributed by atoms with Crippen LogP contribution < -0.4 is 21.3 Å². The Labute approximate surface area is 420 Å². The molecule has 9 heteroatoms. The standard InChI is InChI=1S/C13H26N2.C13H20N2.C12H25N3.C12H24N2.4C2H6/c2*1-13(2,3)11-8-6-10(7-9-11)12(14-4)15-5;1-12(2,3)10-6-8-15(9-7-10)11(13-4)14-5;1-12(2,3)10-7-6-9(8-10)11(13-4)14-5;4*1-2/h10-11H,6-9H2,1-5H3,(H,14,15);6-9H,1-5H3,(H,14,15);10H,6-9H2,1-5H3,(H,13,14);9-10H,6-8H2,1-5H3,(H,13,14);4*1-2H3. The van der Waals surface area contributed by atoms with Crippen LogP contribution in [0.3, 0.4) is 0 Å². The number of piperidine rings is 1. The van der Waals surface area contributed by atoms with E-state index in [-0.39, 0.29) is 5.41 Å². The Kier molecular flexibility index (Phi) is 39.7. The highest BCUT2D eigenvalue weighted by Gasteiger charge is 2.35. The zero-order valence-electron chi connectivity index (χ0n) is 50.2. The van der Waals surface area contributed by atoms with Gasteiger partial charge >= 0.3 is 0 Å². The minimum atomic E-state index is 0.210. The van der Waals surface area contributed by atoms with Gasteiger partial charge in [0.05, 0.1) is 11.7 Å². The van der Waals surface area contributed by atoms with Gasteiger partial charge in [0.15, 0.2) is 5.96 Å². The lowest BCUT2D eigenvalue weighted by Crippen LogP contribution is -2.46. The maximum atomic E-state index is 4.32. The summed E-state index contributed by atoms with van der Waals surface area (Å²) in [5, 5.41) is 12.7. The zero-order chi connectivity index (χ0) is 53.2. The van der Waals surface area contributed by atoms with Gasteiger partial charge in [-0.1, -0.05) is 163 Å². The third-order valence-electron chi connectivity index (χ3n) is 13.3. The number of benzene rings is 1. The quantitative estimate of drug-likeness (QED) is 0.179. The Balaban J connectivity index is -0.000000375. The molecule has 1 aromatic carbocycles. The van der Waals surface area contributed by atoms with Crippen molar-refractivity contribution < 1.29 is 0 Å². The fourth-order valence-corrected chi connectivity index (χ4v) is 9.13. The number of rotatable bonds is 3. The van der Waals surface area contributed by atoms with Crippen LogP contribution in [0.5, 0.6) is 0 Å². The smallest absolute Gasteiger partial charge is 0.193 e. The summed E-state index contributed by atoms with van der Waals surface area (Å²) >= 11 is 0. The molecule has 396 valence electrons. The summed E-state index contributed by atoms with van der Waals surface area (Å²) in [6.45, 7) is 46.1. The fraction of sp³-hybridized carbons (Fsp3) is 0.828. The summed E-state index contributed by atoms with van der Waals surface area (Å²) in [6.07, 6.45) is 11.8. The molecule has 0 amide bonds. The molecule has 2 saturated carbocycles. The van der Waals surface area contributed by atoms with Crippen molar-refractivity contribution in [2.75, 3.05) is 69.5 Å². The van der Waals surface area contributed by atoms with E-state index in [1.165, 1.54) is 75.0 Å². The topological polar surface area (TPSA) is 101 Å². The van der Waals surface area contributed by atoms with E-state index in [0.717, 1.165) is 48.2 Å². The van der Waals surface area contributed by atoms with E-state index in [4.69, 9.17) is 0 Å². The number of likely N-dealkylation sites (tertiary alicyclic amines) is 1. The number of nitrogens with zero attached hydrogens (tertiary/aromatic N) is 5. The second-order valence-corrected chi connectivity index (χ2v) is 21.3. The fourth-order valence-electron chi connectivity index (χ4n) is 9.13. The van der Waals surface area contributed by atoms with E-state index in [9.17, 15) is 0 Å². The summed E-state index contributed by atoms with van der Waals surface area (Å²) < 4.78 is 0. The van der Waals surface area contributed by atoms with Crippen LogP contribution in [0.2, 0.25) is 0 Å². The van der Waals surface area contributed by atoms with Gasteiger partial charge in [-0.25, -0.2) is 0 Å². The summed E-state index contributed by atoms with van der Waals surface area (Å²) in [5.41, 5.74) is 4.08. The molecule has 4 rings (SSSR count). The predicted molar refractivity (Wildman–Crippen MR) is 308 cm³/mol. The first-order valence-electron chi connectivity index (χ1n) is 26.9. The van der Waals surface area contributed by atoms with Gasteiger partial charge in [0, 0.05) is 86.9 Å². The molecule has 1 aromatic rings. The highest BCUT2D eigenvalue weighted by atomic mass is 15.3. The second-order valence-electron chi connectivity index (χ2n) is 21.3. The van der Waals surface area contributed by atoms with E-state index in [2.05, 4.69) is 153 Å². The Morgan fingerprint density at radius 2 is 0.821 bits per heavy atom. The number of amidine groups is 3. The molecule has 0 spiro atoms. The third kappa shape index (κ3) is 27.6. The molecule has 1 heterocycles. The number of hydrogen-bond acceptors (Lipinski definition) is 4. The van der Waals surface area contributed by atoms with Crippen molar-refractivity contribution in [1.82, 2.24) is 26.2 Å². The average molecular weight is 943 g/mol. The van der Waals surface area contributed by atoms with Gasteiger partial charge in [-0.2, -0.15) is 0 Å². The van der Waals surface area contributed by atoms with Crippen molar-refractivity contribution in [3.8, 4) is 0 Å². The molecule has 9 nitrogen and oxygen atoms in total. The highest BCUT2D eigenvalue weighted by molar-refractivity contribution is 5.98. The SMILES string of the molecule is CC.CC.CC.CC.CN=C(NC)C1CCC(C(C)(C)C)C1.CN=C(NC)C1CCC(C(C)(C)C)CC1.CN=C(NC)N1CCC(C(C)(C)C)CC1.CN=C(NC)c1ccc(C(C)(C)C)cc1. The highest BCUT2D eigenvalue weighted by Crippen LogP contribution is 2.42. The minimum Gasteiger partial charge on any atom is -0.377 e. The first kappa shape index (κ1) is 70.5. The predicted octanol–water partition coefficient (Wildman–Crippen LogP) is 14.4. The van der Waals surface area contributed by atoms with Crippen LogP contribution in [0.15, 0.2) is 44.2 Å². The molecule has 2 unspecified atom stereocenters. The van der Waals surface area contributed by atoms with Crippen molar-refractivity contribution in [1.29, 1.82) is 0 Å². The van der Waals surface area contributed by atoms with Crippen molar-refractivity contribution in [3.05, 3.63) is 35.4 Å². The van der Waals surface area contributed by atoms with E-state index in [1.807, 2.05) is 105 Å². The van der Waals surface area contributed by atoms with Crippen LogP contribution in [-0.4, -0.2) is 97.8 Å². The lowest BCUT2D eigenvalue weighted by molar-refractivity contribution is 0.147. The Hall–Kier alpha value is -3.10. The molecule has 2 aliphatic carbocycles. The van der Waals surface area contributed by atoms with Gasteiger partial charge in [0.1, 0.15) is 5.84 Å². The summed E-state index contributed by atoms with van der Waals surface area (Å²) in [4.78, 5) is 19.4. The lowest BCUT2D eigenvalue weighted by Gasteiger charge is -2.39. The van der Waals surface area contributed by atoms with Crippen LogP contribution in [0, 0.1) is 45.8 Å². The van der Waals surface area contributed by atoms with E-state index >= 15 is 0 Å². The largest absolute Gasteiger partial charge is 0.377 e. The summed E-state index contributed by atoms with van der Waals surface area (Å²) in [5.74, 6) is 8.30. The Morgan fingerprint density at radius 1 is 0.448 bits per heavy atom. The first-order chi connectivity index (χ1) is 31.4. The van der Waals surface area contributed by atoms with Gasteiger partial charge in [-0.15, -0.1) is 0 Å². The molecule has 67 heavy (non-hydrogen) atoms. The van der Waals surface area contributed by atoms with E-state index < -0.39 is 0 Å². The van der Waals surface area contributed by atoms with Gasteiger partial charge in [-0.05, 0) is 103 Å². The first-order valence-corrected chi connectivity index (χ1v) is 26.9. The molecule has 3 aliphatic rings. The van der Waals surface area contributed by atoms with E-state index in [1.54, 1.807) is 7.05 Å². The van der Waals surface area contributed by atoms with Crippen molar-refractivity contribution in [2.45, 2.75) is 202 Å². The number of hydrogen-bond donors (Lipinski definition) is 4. The average Bonchev–Trinajstić information content (AvgIpc) is 3.83. The number of guanidine groups is 1. The monoisotopic (exact) mass is 942 g/mol. The van der Waals surface area contributed by atoms with Crippen LogP contribution in [-0.2, 0) is 5.41 Å². The van der Waals surface area contributed by atoms with Crippen LogP contribution in [0.25, 0.3) is 0 Å². The van der Waals surface area contributed by atoms with E-state index in [0.29, 0.717) is 28.1 Å². The molecule has 0 bridgehead atoms. The maximum absolute atomic E-state index is 4.32. The molecule has 0 aromatic heterocycles. The number of nitrogens with one attached hydrogen (secondary N) is 4. The summed E-state index contributed by atoms with van der Waals surface area (Å²) in [6, 6.07) is 8.55. The van der Waals surface area contributed by atoms with Crippen molar-refractivity contribution >= 4 is 23.5 Å².